The molecule has 10 aromatic rings. The molecule has 0 N–H and O–H groups in total. The first-order chi connectivity index (χ1) is 24.3. The summed E-state index contributed by atoms with van der Waals surface area (Å²) in [4.78, 5) is 2.36. The Bertz CT molecular complexity index is 2810. The maximum atomic E-state index is 2.38. The van der Waals surface area contributed by atoms with E-state index in [0.29, 0.717) is 0 Å². The fourth-order valence-electron chi connectivity index (χ4n) is 7.51. The van der Waals surface area contributed by atoms with Gasteiger partial charge in [0.2, 0.25) is 0 Å². The predicted octanol–water partition coefficient (Wildman–Crippen LogP) is 13.4. The Morgan fingerprint density at radius 2 is 1.02 bits per heavy atom. The third kappa shape index (κ3) is 4.55. The van der Waals surface area contributed by atoms with Gasteiger partial charge in [-0.2, -0.15) is 0 Å². The van der Waals surface area contributed by atoms with Crippen LogP contribution < -0.4 is 4.90 Å². The largest absolute Gasteiger partial charge is 0.310 e. The topological polar surface area (TPSA) is 8.17 Å². The first-order valence-corrected chi connectivity index (χ1v) is 17.5. The summed E-state index contributed by atoms with van der Waals surface area (Å²) >= 11 is 1.88. The van der Waals surface area contributed by atoms with Crippen molar-refractivity contribution in [3.8, 4) is 16.8 Å². The Labute approximate surface area is 288 Å². The molecule has 0 fully saturated rings. The average Bonchev–Trinajstić information content (AvgIpc) is 3.71. The normalized spacial score (nSPS) is 11.7. The summed E-state index contributed by atoms with van der Waals surface area (Å²) in [7, 11) is 0. The van der Waals surface area contributed by atoms with Crippen molar-refractivity contribution in [3.63, 3.8) is 0 Å². The molecule has 0 spiro atoms. The lowest BCUT2D eigenvalue weighted by Gasteiger charge is -2.26. The van der Waals surface area contributed by atoms with E-state index in [1.54, 1.807) is 0 Å². The molecule has 0 radical (unpaired) electrons. The first-order valence-electron chi connectivity index (χ1n) is 16.7. The van der Waals surface area contributed by atoms with Crippen molar-refractivity contribution in [1.82, 2.24) is 4.57 Å². The van der Waals surface area contributed by atoms with Gasteiger partial charge in [0, 0.05) is 53.7 Å². The van der Waals surface area contributed by atoms with Gasteiger partial charge in [-0.05, 0) is 101 Å². The molecule has 49 heavy (non-hydrogen) atoms. The number of benzene rings is 8. The lowest BCUT2D eigenvalue weighted by molar-refractivity contribution is 1.18. The summed E-state index contributed by atoms with van der Waals surface area (Å²) in [6.45, 7) is 0. The van der Waals surface area contributed by atoms with Gasteiger partial charge in [0.25, 0.3) is 0 Å². The zero-order valence-electron chi connectivity index (χ0n) is 26.6. The first kappa shape index (κ1) is 27.9. The van der Waals surface area contributed by atoms with Crippen LogP contribution in [0.2, 0.25) is 0 Å². The van der Waals surface area contributed by atoms with Gasteiger partial charge in [-0.3, -0.25) is 0 Å². The highest BCUT2D eigenvalue weighted by atomic mass is 32.1. The van der Waals surface area contributed by atoms with E-state index in [4.69, 9.17) is 0 Å². The van der Waals surface area contributed by atoms with Crippen molar-refractivity contribution in [2.75, 3.05) is 4.90 Å². The van der Waals surface area contributed by atoms with E-state index in [1.807, 2.05) is 11.3 Å². The van der Waals surface area contributed by atoms with E-state index in [0.717, 1.165) is 17.1 Å². The molecule has 0 bridgehead atoms. The summed E-state index contributed by atoms with van der Waals surface area (Å²) in [6.07, 6.45) is 0. The average molecular weight is 643 g/mol. The predicted molar refractivity (Wildman–Crippen MR) is 211 cm³/mol. The molecule has 3 heteroatoms. The Morgan fingerprint density at radius 3 is 1.86 bits per heavy atom. The van der Waals surface area contributed by atoms with Gasteiger partial charge < -0.3 is 9.47 Å². The fraction of sp³-hybridized carbons (Fsp3) is 0. The fourth-order valence-corrected chi connectivity index (χ4v) is 8.61. The van der Waals surface area contributed by atoms with Crippen LogP contribution in [0.25, 0.3) is 69.6 Å². The van der Waals surface area contributed by atoms with Crippen molar-refractivity contribution in [2.24, 2.45) is 0 Å². The Hall–Kier alpha value is -6.16. The van der Waals surface area contributed by atoms with Crippen molar-refractivity contribution >= 4 is 81.1 Å². The third-order valence-electron chi connectivity index (χ3n) is 9.76. The van der Waals surface area contributed by atoms with Crippen LogP contribution in [0.1, 0.15) is 0 Å². The van der Waals surface area contributed by atoms with Crippen molar-refractivity contribution in [1.29, 1.82) is 0 Å². The molecule has 0 aliphatic heterocycles. The standard InChI is InChI=1S/C46H30N2S/c1-3-12-34(13-4-1)47(37-25-26-43-40(30-37)39-17-9-10-18-42(39)48(43)35-14-5-2-6-15-35)36-23-19-31(20-24-36)33-22-27-44-41(29-33)46-38-16-8-7-11-32(38)21-28-45(46)49-44/h1-30H. The van der Waals surface area contributed by atoms with Crippen LogP contribution in [0.15, 0.2) is 182 Å². The number of thiophene rings is 1. The molecule has 230 valence electrons. The van der Waals surface area contributed by atoms with E-state index in [1.165, 1.54) is 69.6 Å². The Kier molecular flexibility index (Phi) is 6.39. The minimum atomic E-state index is 1.12. The van der Waals surface area contributed by atoms with Crippen LogP contribution in [0.3, 0.4) is 0 Å². The van der Waals surface area contributed by atoms with Crippen LogP contribution in [0.4, 0.5) is 17.1 Å². The number of para-hydroxylation sites is 3. The number of fused-ring (bicyclic) bond motifs is 8. The smallest absolute Gasteiger partial charge is 0.0542 e. The van der Waals surface area contributed by atoms with Gasteiger partial charge >= 0.3 is 0 Å². The van der Waals surface area contributed by atoms with E-state index in [9.17, 15) is 0 Å². The Balaban J connectivity index is 1.09. The van der Waals surface area contributed by atoms with Crippen molar-refractivity contribution < 1.29 is 0 Å². The van der Waals surface area contributed by atoms with Gasteiger partial charge in [-0.25, -0.2) is 0 Å². The molecule has 10 rings (SSSR count). The molecule has 0 saturated heterocycles. The SMILES string of the molecule is c1ccc(N(c2ccc(-c3ccc4sc5ccc6ccccc6c5c4c3)cc2)c2ccc3c(c2)c2ccccc2n3-c2ccccc2)cc1. The second kappa shape index (κ2) is 11.2. The van der Waals surface area contributed by atoms with E-state index < -0.39 is 0 Å². The number of anilines is 3. The van der Waals surface area contributed by atoms with Crippen molar-refractivity contribution in [2.45, 2.75) is 0 Å². The lowest BCUT2D eigenvalue weighted by Crippen LogP contribution is -2.09. The summed E-state index contributed by atoms with van der Waals surface area (Å²) in [5.41, 5.74) is 9.38. The molecule has 0 unspecified atom stereocenters. The number of hydrogen-bond acceptors (Lipinski definition) is 2. The molecule has 2 heterocycles. The third-order valence-corrected chi connectivity index (χ3v) is 10.9. The number of aromatic nitrogens is 1. The molecular weight excluding hydrogens is 613 g/mol. The van der Waals surface area contributed by atoms with Crippen LogP contribution >= 0.6 is 11.3 Å². The summed E-state index contributed by atoms with van der Waals surface area (Å²) in [5.74, 6) is 0. The zero-order chi connectivity index (χ0) is 32.3. The van der Waals surface area contributed by atoms with E-state index in [2.05, 4.69) is 191 Å². The molecule has 0 atom stereocenters. The molecule has 0 aliphatic carbocycles. The van der Waals surface area contributed by atoms with Crippen LogP contribution in [0.5, 0.6) is 0 Å². The summed E-state index contributed by atoms with van der Waals surface area (Å²) < 4.78 is 5.03. The molecule has 0 amide bonds. The summed E-state index contributed by atoms with van der Waals surface area (Å²) in [6, 6.07) is 66.1. The van der Waals surface area contributed by atoms with Gasteiger partial charge in [-0.1, -0.05) is 103 Å². The molecule has 2 nitrogen and oxygen atoms in total. The van der Waals surface area contributed by atoms with E-state index >= 15 is 0 Å². The highest BCUT2D eigenvalue weighted by Crippen LogP contribution is 2.42. The van der Waals surface area contributed by atoms with Crippen LogP contribution in [0, 0.1) is 0 Å². The Morgan fingerprint density at radius 1 is 0.388 bits per heavy atom. The highest BCUT2D eigenvalue weighted by Gasteiger charge is 2.18. The lowest BCUT2D eigenvalue weighted by atomic mass is 10.00. The van der Waals surface area contributed by atoms with Crippen LogP contribution in [-0.4, -0.2) is 4.57 Å². The van der Waals surface area contributed by atoms with Gasteiger partial charge in [0.05, 0.1) is 11.0 Å². The van der Waals surface area contributed by atoms with Gasteiger partial charge in [0.1, 0.15) is 0 Å². The van der Waals surface area contributed by atoms with Crippen LogP contribution in [-0.2, 0) is 0 Å². The second-order valence-corrected chi connectivity index (χ2v) is 13.7. The second-order valence-electron chi connectivity index (χ2n) is 12.6. The number of nitrogens with zero attached hydrogens (tertiary/aromatic N) is 2. The highest BCUT2D eigenvalue weighted by molar-refractivity contribution is 7.26. The van der Waals surface area contributed by atoms with Crippen molar-refractivity contribution in [3.05, 3.63) is 182 Å². The van der Waals surface area contributed by atoms with E-state index in [-0.39, 0.29) is 0 Å². The zero-order valence-corrected chi connectivity index (χ0v) is 27.4. The molecule has 0 saturated carbocycles. The minimum Gasteiger partial charge on any atom is -0.310 e. The molecule has 0 aliphatic rings. The number of rotatable bonds is 5. The molecular formula is C46H30N2S. The van der Waals surface area contributed by atoms with Gasteiger partial charge in [0.15, 0.2) is 0 Å². The maximum absolute atomic E-state index is 2.38. The maximum Gasteiger partial charge on any atom is 0.0542 e. The minimum absolute atomic E-state index is 1.12. The summed E-state index contributed by atoms with van der Waals surface area (Å²) in [5, 5.41) is 7.77. The molecule has 2 aromatic heterocycles. The molecule has 8 aromatic carbocycles. The number of hydrogen-bond donors (Lipinski definition) is 0. The monoisotopic (exact) mass is 642 g/mol. The van der Waals surface area contributed by atoms with Gasteiger partial charge in [-0.15, -0.1) is 11.3 Å². The quantitative estimate of drug-likeness (QED) is 0.181.